The fourth-order valence-corrected chi connectivity index (χ4v) is 6.56. The van der Waals surface area contributed by atoms with Gasteiger partial charge < -0.3 is 15.3 Å². The summed E-state index contributed by atoms with van der Waals surface area (Å²) in [5, 5.41) is 14.0. The number of sulfonamides is 1. The van der Waals surface area contributed by atoms with Gasteiger partial charge in [-0.15, -0.1) is 0 Å². The van der Waals surface area contributed by atoms with Crippen molar-refractivity contribution in [3.05, 3.63) is 29.8 Å². The first-order chi connectivity index (χ1) is 16.5. The molecule has 35 heavy (non-hydrogen) atoms. The molecule has 2 saturated heterocycles. The smallest absolute Gasteiger partial charge is 0.246 e. The summed E-state index contributed by atoms with van der Waals surface area (Å²) in [4.78, 5) is 30.8. The van der Waals surface area contributed by atoms with Gasteiger partial charge in [0.25, 0.3) is 0 Å². The Bertz CT molecular complexity index is 1030. The average molecular weight is 507 g/mol. The van der Waals surface area contributed by atoms with Crippen LogP contribution in [-0.2, 0) is 26.2 Å². The Balaban J connectivity index is 1.38. The molecule has 2 aliphatic heterocycles. The number of rotatable bonds is 7. The zero-order chi connectivity index (χ0) is 25.3. The number of hydrogen-bond acceptors (Lipinski definition) is 6. The molecule has 1 saturated carbocycles. The van der Waals surface area contributed by atoms with E-state index < -0.39 is 27.2 Å². The van der Waals surface area contributed by atoms with E-state index in [-0.39, 0.29) is 11.8 Å². The van der Waals surface area contributed by atoms with Crippen LogP contribution in [0.2, 0.25) is 0 Å². The van der Waals surface area contributed by atoms with Crippen LogP contribution in [0.5, 0.6) is 0 Å². The first-order valence-electron chi connectivity index (χ1n) is 12.7. The number of nitrogens with one attached hydrogen (secondary N) is 2. The highest BCUT2D eigenvalue weighted by molar-refractivity contribution is 7.92. The minimum absolute atomic E-state index is 0.0755. The van der Waals surface area contributed by atoms with Gasteiger partial charge in [0.2, 0.25) is 21.8 Å². The Labute approximate surface area is 208 Å². The molecule has 194 valence electrons. The fourth-order valence-electron chi connectivity index (χ4n) is 6.00. The van der Waals surface area contributed by atoms with E-state index in [0.29, 0.717) is 64.0 Å². The average Bonchev–Trinajstić information content (AvgIpc) is 2.80. The number of anilines is 1. The molecule has 0 bridgehead atoms. The van der Waals surface area contributed by atoms with E-state index in [1.807, 2.05) is 19.1 Å². The molecular formula is C25H38N4O5S. The van der Waals surface area contributed by atoms with Crippen LogP contribution in [0.3, 0.4) is 0 Å². The number of piperazine rings is 1. The fraction of sp³-hybridized carbons (Fsp3) is 0.680. The topological polar surface area (TPSA) is 119 Å². The lowest BCUT2D eigenvalue weighted by molar-refractivity contribution is -0.163. The second kappa shape index (κ2) is 10.1. The molecule has 1 aromatic carbocycles. The van der Waals surface area contributed by atoms with Crippen LogP contribution in [0.4, 0.5) is 5.69 Å². The van der Waals surface area contributed by atoms with Crippen LogP contribution in [0.1, 0.15) is 63.9 Å². The van der Waals surface area contributed by atoms with E-state index in [2.05, 4.69) is 14.9 Å². The van der Waals surface area contributed by atoms with Gasteiger partial charge in [-0.2, -0.15) is 0 Å². The molecule has 0 unspecified atom stereocenters. The van der Waals surface area contributed by atoms with E-state index >= 15 is 0 Å². The molecule has 3 fully saturated rings. The predicted octanol–water partition coefficient (Wildman–Crippen LogP) is 1.82. The summed E-state index contributed by atoms with van der Waals surface area (Å²) in [6.07, 6.45) is 6.92. The maximum Gasteiger partial charge on any atom is 0.246 e. The minimum atomic E-state index is -3.31. The second-order valence-electron chi connectivity index (χ2n) is 10.5. The molecule has 1 aliphatic carbocycles. The van der Waals surface area contributed by atoms with Crippen LogP contribution in [0, 0.1) is 0 Å². The Hall–Kier alpha value is -2.17. The molecule has 3 aliphatic rings. The summed E-state index contributed by atoms with van der Waals surface area (Å²) in [6.45, 7) is 4.43. The summed E-state index contributed by atoms with van der Waals surface area (Å²) in [6, 6.07) is 6.62. The Morgan fingerprint density at radius 2 is 1.69 bits per heavy atom. The largest absolute Gasteiger partial charge is 0.390 e. The van der Waals surface area contributed by atoms with Crippen molar-refractivity contribution in [3.8, 4) is 0 Å². The Morgan fingerprint density at radius 3 is 2.26 bits per heavy atom. The van der Waals surface area contributed by atoms with Crippen molar-refractivity contribution >= 4 is 27.5 Å². The zero-order valence-corrected chi connectivity index (χ0v) is 21.6. The number of aliphatic hydroxyl groups is 1. The van der Waals surface area contributed by atoms with Crippen molar-refractivity contribution in [2.24, 2.45) is 0 Å². The molecular weight excluding hydrogens is 468 g/mol. The Morgan fingerprint density at radius 1 is 1.06 bits per heavy atom. The number of amides is 2. The van der Waals surface area contributed by atoms with Gasteiger partial charge in [0.15, 0.2) is 0 Å². The minimum Gasteiger partial charge on any atom is -0.390 e. The highest BCUT2D eigenvalue weighted by atomic mass is 32.2. The molecule has 0 aromatic heterocycles. The number of carbonyl (C=O) groups is 2. The van der Waals surface area contributed by atoms with Crippen LogP contribution in [0.25, 0.3) is 0 Å². The SMILES string of the molecule is CCN1C(=O)[C@@H](CC2(O)CCCCC2)NC(=O)C12CCN(Cc1ccc(NS(C)(=O)=O)cc1)CC2. The van der Waals surface area contributed by atoms with Gasteiger partial charge in [-0.3, -0.25) is 19.2 Å². The van der Waals surface area contributed by atoms with Crippen LogP contribution < -0.4 is 10.0 Å². The monoisotopic (exact) mass is 506 g/mol. The molecule has 3 N–H and O–H groups in total. The van der Waals surface area contributed by atoms with Gasteiger partial charge in [0.05, 0.1) is 11.9 Å². The van der Waals surface area contributed by atoms with Gasteiger partial charge >= 0.3 is 0 Å². The van der Waals surface area contributed by atoms with Crippen molar-refractivity contribution in [3.63, 3.8) is 0 Å². The summed E-state index contributed by atoms with van der Waals surface area (Å²) in [7, 11) is -3.31. The van der Waals surface area contributed by atoms with Gasteiger partial charge in [0.1, 0.15) is 11.6 Å². The molecule has 0 radical (unpaired) electrons. The van der Waals surface area contributed by atoms with Crippen molar-refractivity contribution < 1.29 is 23.1 Å². The highest BCUT2D eigenvalue weighted by Gasteiger charge is 2.54. The molecule has 2 amide bonds. The predicted molar refractivity (Wildman–Crippen MR) is 134 cm³/mol. The lowest BCUT2D eigenvalue weighted by Crippen LogP contribution is -2.73. The first kappa shape index (κ1) is 25.9. The van der Waals surface area contributed by atoms with E-state index in [4.69, 9.17) is 0 Å². The number of benzene rings is 1. The summed E-state index contributed by atoms with van der Waals surface area (Å²) in [5.74, 6) is -0.173. The van der Waals surface area contributed by atoms with Crippen molar-refractivity contribution in [2.45, 2.75) is 82.0 Å². The van der Waals surface area contributed by atoms with Gasteiger partial charge in [-0.1, -0.05) is 31.4 Å². The lowest BCUT2D eigenvalue weighted by Gasteiger charge is -2.52. The lowest BCUT2D eigenvalue weighted by atomic mass is 9.77. The maximum atomic E-state index is 13.4. The van der Waals surface area contributed by atoms with E-state index in [0.717, 1.165) is 31.1 Å². The molecule has 10 heteroatoms. The second-order valence-corrected chi connectivity index (χ2v) is 12.2. The summed E-state index contributed by atoms with van der Waals surface area (Å²) in [5.41, 5.74) is -0.127. The highest BCUT2D eigenvalue weighted by Crippen LogP contribution is 2.37. The van der Waals surface area contributed by atoms with Crippen molar-refractivity contribution in [2.75, 3.05) is 30.6 Å². The third kappa shape index (κ3) is 5.81. The number of piperidine rings is 1. The number of likely N-dealkylation sites (tertiary alicyclic amines) is 1. The van der Waals surface area contributed by atoms with Crippen LogP contribution in [0.15, 0.2) is 24.3 Å². The molecule has 2 heterocycles. The normalized spacial score (nSPS) is 24.9. The van der Waals surface area contributed by atoms with Gasteiger partial charge in [-0.05, 0) is 50.3 Å². The summed E-state index contributed by atoms with van der Waals surface area (Å²) >= 11 is 0. The number of hydrogen-bond donors (Lipinski definition) is 3. The number of carbonyl (C=O) groups excluding carboxylic acids is 2. The molecule has 1 spiro atoms. The van der Waals surface area contributed by atoms with Crippen LogP contribution >= 0.6 is 0 Å². The Kier molecular flexibility index (Phi) is 7.45. The van der Waals surface area contributed by atoms with E-state index in [1.54, 1.807) is 17.0 Å². The molecule has 9 nitrogen and oxygen atoms in total. The molecule has 1 aromatic rings. The van der Waals surface area contributed by atoms with Crippen molar-refractivity contribution in [1.29, 1.82) is 0 Å². The van der Waals surface area contributed by atoms with Gasteiger partial charge in [0, 0.05) is 38.3 Å². The summed E-state index contributed by atoms with van der Waals surface area (Å²) < 4.78 is 25.3. The quantitative estimate of drug-likeness (QED) is 0.519. The number of likely N-dealkylation sites (N-methyl/N-ethyl adjacent to an activating group) is 1. The maximum absolute atomic E-state index is 13.4. The van der Waals surface area contributed by atoms with E-state index in [9.17, 15) is 23.1 Å². The number of nitrogens with zero attached hydrogens (tertiary/aromatic N) is 2. The third-order valence-corrected chi connectivity index (χ3v) is 8.45. The van der Waals surface area contributed by atoms with Crippen molar-refractivity contribution in [1.82, 2.24) is 15.1 Å². The first-order valence-corrected chi connectivity index (χ1v) is 14.6. The standard InChI is InChI=1S/C25H38N4O5S/c1-3-29-22(30)21(17-24(32)11-5-4-6-12-24)26-23(31)25(29)13-15-28(16-14-25)18-19-7-9-20(10-8-19)27-35(2,33)34/h7-10,21,27,32H,3-6,11-18H2,1-2H3,(H,26,31)/t21-/m1/s1. The van der Waals surface area contributed by atoms with Gasteiger partial charge in [-0.25, -0.2) is 8.42 Å². The van der Waals surface area contributed by atoms with E-state index in [1.165, 1.54) is 0 Å². The molecule has 4 rings (SSSR count). The molecule has 1 atom stereocenters. The third-order valence-electron chi connectivity index (χ3n) is 7.84. The zero-order valence-electron chi connectivity index (χ0n) is 20.8. The van der Waals surface area contributed by atoms with Crippen LogP contribution in [-0.4, -0.2) is 78.2 Å².